The first-order chi connectivity index (χ1) is 12.2. The van der Waals surface area contributed by atoms with Crippen LogP contribution in [-0.4, -0.2) is 47.9 Å². The van der Waals surface area contributed by atoms with Gasteiger partial charge in [-0.05, 0) is 43.9 Å². The van der Waals surface area contributed by atoms with Gasteiger partial charge in [-0.3, -0.25) is 0 Å². The third-order valence-corrected chi connectivity index (χ3v) is 6.96. The van der Waals surface area contributed by atoms with Crippen molar-refractivity contribution in [1.82, 2.24) is 14.3 Å². The Labute approximate surface area is 148 Å². The minimum absolute atomic E-state index is 0.0655. The highest BCUT2D eigenvalue weighted by atomic mass is 32.2. The van der Waals surface area contributed by atoms with Crippen molar-refractivity contribution in [1.29, 1.82) is 0 Å². The number of hydrogen-bond acceptors (Lipinski definition) is 5. The lowest BCUT2D eigenvalue weighted by Gasteiger charge is -2.38. The molecule has 0 unspecified atom stereocenters. The Morgan fingerprint density at radius 2 is 1.64 bits per heavy atom. The van der Waals surface area contributed by atoms with Crippen molar-refractivity contribution in [2.24, 2.45) is 0 Å². The van der Waals surface area contributed by atoms with Crippen molar-refractivity contribution in [3.63, 3.8) is 0 Å². The van der Waals surface area contributed by atoms with E-state index in [1.807, 2.05) is 12.1 Å². The number of benzene rings is 1. The van der Waals surface area contributed by atoms with Crippen LogP contribution in [0.4, 0.5) is 5.82 Å². The van der Waals surface area contributed by atoms with E-state index in [-0.39, 0.29) is 12.1 Å². The lowest BCUT2D eigenvalue weighted by Crippen LogP contribution is -2.48. The molecule has 2 fully saturated rings. The van der Waals surface area contributed by atoms with Gasteiger partial charge in [-0.15, -0.1) is 0 Å². The van der Waals surface area contributed by atoms with Crippen molar-refractivity contribution in [2.75, 3.05) is 18.0 Å². The van der Waals surface area contributed by atoms with E-state index < -0.39 is 10.0 Å². The van der Waals surface area contributed by atoms with Gasteiger partial charge in [0.2, 0.25) is 10.0 Å². The molecule has 4 rings (SSSR count). The number of piperidine rings is 1. The fraction of sp³-hybridized carbons (Fsp3) is 0.444. The Bertz CT molecular complexity index is 801. The molecule has 2 aromatic rings. The topological polar surface area (TPSA) is 66.4 Å². The normalized spacial score (nSPS) is 19.3. The summed E-state index contributed by atoms with van der Waals surface area (Å²) in [6, 6.07) is 10.9. The molecule has 1 aromatic heterocycles. The summed E-state index contributed by atoms with van der Waals surface area (Å²) in [4.78, 5) is 10.9. The van der Waals surface area contributed by atoms with Gasteiger partial charge in [0.15, 0.2) is 0 Å². The van der Waals surface area contributed by atoms with Crippen LogP contribution in [0.3, 0.4) is 0 Å². The standard InChI is InChI=1S/C18H22N4O2S/c23-25(24,17-4-2-1-3-5-17)22(15-6-7-15)16-9-12-21(13-10-16)18-8-11-19-14-20-18/h1-5,8,11,14-16H,6-7,9-10,12-13H2. The zero-order valence-corrected chi connectivity index (χ0v) is 14.8. The molecule has 1 saturated carbocycles. The molecule has 0 radical (unpaired) electrons. The summed E-state index contributed by atoms with van der Waals surface area (Å²) in [5.41, 5.74) is 0. The lowest BCUT2D eigenvalue weighted by molar-refractivity contribution is 0.267. The molecule has 6 nitrogen and oxygen atoms in total. The Balaban J connectivity index is 1.52. The van der Waals surface area contributed by atoms with Gasteiger partial charge in [-0.1, -0.05) is 18.2 Å². The number of sulfonamides is 1. The van der Waals surface area contributed by atoms with Crippen LogP contribution in [0.1, 0.15) is 25.7 Å². The van der Waals surface area contributed by atoms with E-state index in [4.69, 9.17) is 0 Å². The number of hydrogen-bond donors (Lipinski definition) is 0. The molecule has 1 aliphatic carbocycles. The summed E-state index contributed by atoms with van der Waals surface area (Å²) < 4.78 is 28.1. The van der Waals surface area contributed by atoms with Crippen LogP contribution in [0.5, 0.6) is 0 Å². The molecule has 1 aromatic carbocycles. The zero-order valence-electron chi connectivity index (χ0n) is 14.0. The first kappa shape index (κ1) is 16.5. The van der Waals surface area contributed by atoms with Crippen LogP contribution in [0, 0.1) is 0 Å². The highest BCUT2D eigenvalue weighted by Gasteiger charge is 2.43. The third kappa shape index (κ3) is 3.39. The lowest BCUT2D eigenvalue weighted by atomic mass is 10.0. The average molecular weight is 358 g/mol. The van der Waals surface area contributed by atoms with E-state index in [9.17, 15) is 8.42 Å². The van der Waals surface area contributed by atoms with E-state index in [0.717, 1.165) is 44.6 Å². The van der Waals surface area contributed by atoms with Gasteiger partial charge >= 0.3 is 0 Å². The minimum Gasteiger partial charge on any atom is -0.356 e. The van der Waals surface area contributed by atoms with Gasteiger partial charge in [0.05, 0.1) is 4.90 Å². The molecule has 7 heteroatoms. The fourth-order valence-electron chi connectivity index (χ4n) is 3.55. The van der Waals surface area contributed by atoms with Crippen LogP contribution >= 0.6 is 0 Å². The summed E-state index contributed by atoms with van der Waals surface area (Å²) in [6.07, 6.45) is 6.89. The maximum Gasteiger partial charge on any atom is 0.243 e. The van der Waals surface area contributed by atoms with Crippen LogP contribution in [0.2, 0.25) is 0 Å². The maximum atomic E-state index is 13.2. The van der Waals surface area contributed by atoms with Crippen molar-refractivity contribution in [3.8, 4) is 0 Å². The summed E-state index contributed by atoms with van der Waals surface area (Å²) >= 11 is 0. The Hall–Kier alpha value is -1.99. The second kappa shape index (κ2) is 6.72. The highest BCUT2D eigenvalue weighted by molar-refractivity contribution is 7.89. The second-order valence-electron chi connectivity index (χ2n) is 6.66. The fourth-order valence-corrected chi connectivity index (χ4v) is 5.51. The first-order valence-corrected chi connectivity index (χ1v) is 10.2. The molecule has 0 atom stereocenters. The third-order valence-electron chi connectivity index (χ3n) is 4.94. The van der Waals surface area contributed by atoms with E-state index in [2.05, 4.69) is 14.9 Å². The Kier molecular flexibility index (Phi) is 4.43. The quantitative estimate of drug-likeness (QED) is 0.820. The predicted molar refractivity (Wildman–Crippen MR) is 95.8 cm³/mol. The highest BCUT2D eigenvalue weighted by Crippen LogP contribution is 2.36. The van der Waals surface area contributed by atoms with Gasteiger partial charge in [0, 0.05) is 31.4 Å². The van der Waals surface area contributed by atoms with E-state index in [1.54, 1.807) is 41.1 Å². The number of rotatable bonds is 5. The van der Waals surface area contributed by atoms with Crippen LogP contribution < -0.4 is 4.90 Å². The molecule has 0 amide bonds. The number of aromatic nitrogens is 2. The molecular weight excluding hydrogens is 336 g/mol. The molecule has 1 saturated heterocycles. The van der Waals surface area contributed by atoms with Crippen molar-refractivity contribution in [2.45, 2.75) is 42.7 Å². The maximum absolute atomic E-state index is 13.2. The SMILES string of the molecule is O=S(=O)(c1ccccc1)N(C1CC1)C1CCN(c2ccncn2)CC1. The predicted octanol–water partition coefficient (Wildman–Crippen LogP) is 2.30. The first-order valence-electron chi connectivity index (χ1n) is 8.76. The molecule has 2 aliphatic rings. The molecular formula is C18H22N4O2S. The second-order valence-corrected chi connectivity index (χ2v) is 8.51. The van der Waals surface area contributed by atoms with Crippen LogP contribution in [0.25, 0.3) is 0 Å². The van der Waals surface area contributed by atoms with Gasteiger partial charge < -0.3 is 4.90 Å². The molecule has 0 bridgehead atoms. The summed E-state index contributed by atoms with van der Waals surface area (Å²) in [6.45, 7) is 1.63. The summed E-state index contributed by atoms with van der Waals surface area (Å²) in [5, 5.41) is 0. The van der Waals surface area contributed by atoms with Crippen LogP contribution in [0.15, 0.2) is 53.8 Å². The molecule has 1 aliphatic heterocycles. The largest absolute Gasteiger partial charge is 0.356 e. The number of nitrogens with zero attached hydrogens (tertiary/aromatic N) is 4. The summed E-state index contributed by atoms with van der Waals surface area (Å²) in [7, 11) is -3.43. The van der Waals surface area contributed by atoms with Gasteiger partial charge in [-0.25, -0.2) is 18.4 Å². The van der Waals surface area contributed by atoms with Crippen molar-refractivity contribution in [3.05, 3.63) is 48.9 Å². The van der Waals surface area contributed by atoms with E-state index >= 15 is 0 Å². The monoisotopic (exact) mass is 358 g/mol. The van der Waals surface area contributed by atoms with E-state index in [0.29, 0.717) is 4.90 Å². The molecule has 2 heterocycles. The Morgan fingerprint density at radius 3 is 2.24 bits per heavy atom. The molecule has 0 N–H and O–H groups in total. The van der Waals surface area contributed by atoms with E-state index in [1.165, 1.54) is 0 Å². The molecule has 0 spiro atoms. The van der Waals surface area contributed by atoms with Gasteiger partial charge in [0.1, 0.15) is 12.1 Å². The van der Waals surface area contributed by atoms with Gasteiger partial charge in [0.25, 0.3) is 0 Å². The number of anilines is 1. The molecule has 25 heavy (non-hydrogen) atoms. The molecule has 132 valence electrons. The smallest absolute Gasteiger partial charge is 0.243 e. The van der Waals surface area contributed by atoms with Crippen molar-refractivity contribution < 1.29 is 8.42 Å². The zero-order chi connectivity index (χ0) is 17.3. The average Bonchev–Trinajstić information content (AvgIpc) is 3.49. The van der Waals surface area contributed by atoms with Gasteiger partial charge in [-0.2, -0.15) is 4.31 Å². The van der Waals surface area contributed by atoms with Crippen molar-refractivity contribution >= 4 is 15.8 Å². The minimum atomic E-state index is -3.43. The van der Waals surface area contributed by atoms with Crippen LogP contribution in [-0.2, 0) is 10.0 Å². The Morgan fingerprint density at radius 1 is 0.960 bits per heavy atom. The summed E-state index contributed by atoms with van der Waals surface area (Å²) in [5.74, 6) is 0.914.